The quantitative estimate of drug-likeness (QED) is 0.626. The van der Waals surface area contributed by atoms with E-state index in [9.17, 15) is 0 Å². The van der Waals surface area contributed by atoms with E-state index in [1.54, 1.807) is 0 Å². The Bertz CT molecular complexity index is 512. The molecule has 0 saturated heterocycles. The van der Waals surface area contributed by atoms with Gasteiger partial charge in [-0.25, -0.2) is 4.99 Å². The first-order valence-electron chi connectivity index (χ1n) is 9.27. The zero-order valence-electron chi connectivity index (χ0n) is 15.3. The van der Waals surface area contributed by atoms with Gasteiger partial charge in [0.1, 0.15) is 0 Å². The number of aryl methyl sites for hydroxylation is 2. The van der Waals surface area contributed by atoms with Crippen LogP contribution in [0.15, 0.2) is 4.99 Å². The average molecular weight is 319 g/mol. The van der Waals surface area contributed by atoms with Crippen LogP contribution in [0.1, 0.15) is 69.8 Å². The summed E-state index contributed by atoms with van der Waals surface area (Å²) in [4.78, 5) is 4.85. The van der Waals surface area contributed by atoms with Gasteiger partial charge in [-0.05, 0) is 32.6 Å². The molecule has 1 aliphatic rings. The molecule has 2 N–H and O–H groups in total. The van der Waals surface area contributed by atoms with Crippen LogP contribution in [0, 0.1) is 0 Å². The summed E-state index contributed by atoms with van der Waals surface area (Å²) in [5.41, 5.74) is 3.79. The average Bonchev–Trinajstić information content (AvgIpc) is 2.88. The van der Waals surface area contributed by atoms with Crippen LogP contribution >= 0.6 is 0 Å². The summed E-state index contributed by atoms with van der Waals surface area (Å²) in [5.74, 6) is 0.951. The Kier molecular flexibility index (Phi) is 6.93. The van der Waals surface area contributed by atoms with E-state index in [0.29, 0.717) is 12.6 Å². The zero-order chi connectivity index (χ0) is 16.7. The minimum Gasteiger partial charge on any atom is -0.357 e. The SMILES string of the molecule is CCNC(=NCc1c(CC)nn(C)c1CC)NC1CCCCC1. The molecule has 5 nitrogen and oxygen atoms in total. The molecule has 130 valence electrons. The Morgan fingerprint density at radius 3 is 2.52 bits per heavy atom. The smallest absolute Gasteiger partial charge is 0.191 e. The molecular weight excluding hydrogens is 286 g/mol. The highest BCUT2D eigenvalue weighted by atomic mass is 15.3. The van der Waals surface area contributed by atoms with E-state index in [4.69, 9.17) is 4.99 Å². The minimum atomic E-state index is 0.576. The van der Waals surface area contributed by atoms with E-state index in [1.807, 2.05) is 11.7 Å². The fourth-order valence-electron chi connectivity index (χ4n) is 3.49. The largest absolute Gasteiger partial charge is 0.357 e. The summed E-state index contributed by atoms with van der Waals surface area (Å²) >= 11 is 0. The summed E-state index contributed by atoms with van der Waals surface area (Å²) < 4.78 is 2.02. The molecule has 1 saturated carbocycles. The molecule has 5 heteroatoms. The first-order chi connectivity index (χ1) is 11.2. The van der Waals surface area contributed by atoms with Crippen LogP contribution in [-0.4, -0.2) is 28.3 Å². The highest BCUT2D eigenvalue weighted by Crippen LogP contribution is 2.18. The number of rotatable bonds is 6. The van der Waals surface area contributed by atoms with Gasteiger partial charge >= 0.3 is 0 Å². The molecule has 0 atom stereocenters. The Morgan fingerprint density at radius 2 is 1.91 bits per heavy atom. The van der Waals surface area contributed by atoms with Gasteiger partial charge in [0, 0.05) is 30.9 Å². The minimum absolute atomic E-state index is 0.576. The first kappa shape index (κ1) is 17.8. The van der Waals surface area contributed by atoms with Crippen molar-refractivity contribution in [3.8, 4) is 0 Å². The second kappa shape index (κ2) is 8.94. The van der Waals surface area contributed by atoms with E-state index in [2.05, 4.69) is 36.5 Å². The molecular formula is C18H33N5. The van der Waals surface area contributed by atoms with E-state index in [1.165, 1.54) is 49.1 Å². The van der Waals surface area contributed by atoms with Crippen LogP contribution in [0.5, 0.6) is 0 Å². The zero-order valence-corrected chi connectivity index (χ0v) is 15.3. The van der Waals surface area contributed by atoms with Crippen molar-refractivity contribution < 1.29 is 0 Å². The van der Waals surface area contributed by atoms with E-state index in [0.717, 1.165) is 25.3 Å². The van der Waals surface area contributed by atoms with Crippen LogP contribution in [0.3, 0.4) is 0 Å². The molecule has 23 heavy (non-hydrogen) atoms. The van der Waals surface area contributed by atoms with Gasteiger partial charge in [0.25, 0.3) is 0 Å². The van der Waals surface area contributed by atoms with Crippen molar-refractivity contribution in [2.45, 2.75) is 78.3 Å². The molecule has 0 aliphatic heterocycles. The maximum atomic E-state index is 4.85. The second-order valence-electron chi connectivity index (χ2n) is 6.38. The lowest BCUT2D eigenvalue weighted by molar-refractivity contribution is 0.410. The van der Waals surface area contributed by atoms with Crippen molar-refractivity contribution in [3.05, 3.63) is 17.0 Å². The molecule has 1 aromatic rings. The maximum Gasteiger partial charge on any atom is 0.191 e. The van der Waals surface area contributed by atoms with Crippen molar-refractivity contribution >= 4 is 5.96 Å². The number of hydrogen-bond donors (Lipinski definition) is 2. The second-order valence-corrected chi connectivity index (χ2v) is 6.38. The van der Waals surface area contributed by atoms with Crippen molar-refractivity contribution in [2.24, 2.45) is 12.0 Å². The number of hydrogen-bond acceptors (Lipinski definition) is 2. The highest BCUT2D eigenvalue weighted by Gasteiger charge is 2.16. The standard InChI is InChI=1S/C18H33N5/c1-5-16-15(17(6-2)23(4)22-16)13-20-18(19-7-3)21-14-11-9-8-10-12-14/h14H,5-13H2,1-4H3,(H2,19,20,21). The van der Waals surface area contributed by atoms with Gasteiger partial charge in [-0.1, -0.05) is 33.1 Å². The summed E-state index contributed by atoms with van der Waals surface area (Å²) in [6.07, 6.45) is 8.53. The van der Waals surface area contributed by atoms with E-state index in [-0.39, 0.29) is 0 Å². The number of guanidine groups is 1. The molecule has 0 spiro atoms. The van der Waals surface area contributed by atoms with E-state index >= 15 is 0 Å². The molecule has 1 heterocycles. The number of nitrogens with one attached hydrogen (secondary N) is 2. The molecule has 0 unspecified atom stereocenters. The molecule has 1 aliphatic carbocycles. The Hall–Kier alpha value is -1.52. The van der Waals surface area contributed by atoms with Crippen molar-refractivity contribution in [2.75, 3.05) is 6.54 Å². The normalized spacial score (nSPS) is 16.6. The van der Waals surface area contributed by atoms with Crippen LogP contribution in [0.25, 0.3) is 0 Å². The van der Waals surface area contributed by atoms with Crippen molar-refractivity contribution in [1.29, 1.82) is 0 Å². The Balaban J connectivity index is 2.10. The van der Waals surface area contributed by atoms with Crippen molar-refractivity contribution in [3.63, 3.8) is 0 Å². The third-order valence-electron chi connectivity index (χ3n) is 4.71. The number of aliphatic imine (C=N–C) groups is 1. The predicted octanol–water partition coefficient (Wildman–Crippen LogP) is 2.93. The summed E-state index contributed by atoms with van der Waals surface area (Å²) in [6.45, 7) is 8.09. The van der Waals surface area contributed by atoms with E-state index < -0.39 is 0 Å². The molecule has 1 fully saturated rings. The highest BCUT2D eigenvalue weighted by molar-refractivity contribution is 5.80. The summed E-state index contributed by atoms with van der Waals surface area (Å²) in [5, 5.41) is 11.7. The van der Waals surface area contributed by atoms with Crippen LogP contribution < -0.4 is 10.6 Å². The molecule has 0 amide bonds. The lowest BCUT2D eigenvalue weighted by atomic mass is 9.96. The molecule has 0 bridgehead atoms. The number of nitrogens with zero attached hydrogens (tertiary/aromatic N) is 3. The predicted molar refractivity (Wildman–Crippen MR) is 96.8 cm³/mol. The van der Waals surface area contributed by atoms with Crippen LogP contribution in [0.4, 0.5) is 0 Å². The Morgan fingerprint density at radius 1 is 1.17 bits per heavy atom. The van der Waals surface area contributed by atoms with Gasteiger partial charge in [-0.3, -0.25) is 4.68 Å². The van der Waals surface area contributed by atoms with Crippen LogP contribution in [0.2, 0.25) is 0 Å². The van der Waals surface area contributed by atoms with Crippen molar-refractivity contribution in [1.82, 2.24) is 20.4 Å². The molecule has 1 aromatic heterocycles. The summed E-state index contributed by atoms with van der Waals surface area (Å²) in [7, 11) is 2.04. The lowest BCUT2D eigenvalue weighted by Gasteiger charge is -2.24. The molecule has 0 radical (unpaired) electrons. The first-order valence-corrected chi connectivity index (χ1v) is 9.27. The molecule has 2 rings (SSSR count). The van der Waals surface area contributed by atoms with Gasteiger partial charge in [-0.2, -0.15) is 5.10 Å². The Labute approximate surface area is 141 Å². The van der Waals surface area contributed by atoms with Gasteiger partial charge in [-0.15, -0.1) is 0 Å². The maximum absolute atomic E-state index is 4.85. The topological polar surface area (TPSA) is 54.2 Å². The van der Waals surface area contributed by atoms with Gasteiger partial charge < -0.3 is 10.6 Å². The van der Waals surface area contributed by atoms with Gasteiger partial charge in [0.15, 0.2) is 5.96 Å². The fourth-order valence-corrected chi connectivity index (χ4v) is 3.49. The van der Waals surface area contributed by atoms with Crippen LogP contribution in [-0.2, 0) is 26.4 Å². The molecule has 0 aromatic carbocycles. The third kappa shape index (κ3) is 4.72. The van der Waals surface area contributed by atoms with Gasteiger partial charge in [0.2, 0.25) is 0 Å². The number of aromatic nitrogens is 2. The monoisotopic (exact) mass is 319 g/mol. The summed E-state index contributed by atoms with van der Waals surface area (Å²) in [6, 6.07) is 0.576. The third-order valence-corrected chi connectivity index (χ3v) is 4.71. The lowest BCUT2D eigenvalue weighted by Crippen LogP contribution is -2.44. The van der Waals surface area contributed by atoms with Gasteiger partial charge in [0.05, 0.1) is 12.2 Å². The fraction of sp³-hybridized carbons (Fsp3) is 0.778.